The van der Waals surface area contributed by atoms with Gasteiger partial charge in [0.05, 0.1) is 10.9 Å². The van der Waals surface area contributed by atoms with Crippen LogP contribution in [0.3, 0.4) is 0 Å². The Bertz CT molecular complexity index is 295. The van der Waals surface area contributed by atoms with Crippen molar-refractivity contribution in [2.75, 3.05) is 6.61 Å². The number of nitrogens with two attached hydrogens (primary N) is 1. The smallest absolute Gasteiger partial charge is 0.212 e. The number of hydrogen-bond donors (Lipinski definition) is 1. The van der Waals surface area contributed by atoms with Crippen molar-refractivity contribution < 1.29 is 13.2 Å². The molecule has 2 aliphatic rings. The average Bonchev–Trinajstić information content (AvgIpc) is 2.00. The second kappa shape index (κ2) is 2.93. The molecule has 1 unspecified atom stereocenters. The molecule has 1 aliphatic heterocycles. The van der Waals surface area contributed by atoms with Gasteiger partial charge in [-0.05, 0) is 32.1 Å². The van der Waals surface area contributed by atoms with Crippen molar-refractivity contribution in [1.29, 1.82) is 0 Å². The summed E-state index contributed by atoms with van der Waals surface area (Å²) in [7, 11) is -3.35. The molecule has 0 aromatic rings. The zero-order valence-corrected chi connectivity index (χ0v) is 8.35. The molecule has 0 radical (unpaired) electrons. The molecule has 0 aromatic carbocycles. The predicted octanol–water partition coefficient (Wildman–Crippen LogP) is 0.377. The van der Waals surface area contributed by atoms with E-state index in [1.807, 2.05) is 0 Å². The van der Waals surface area contributed by atoms with Crippen LogP contribution >= 0.6 is 0 Å². The van der Waals surface area contributed by atoms with E-state index in [-0.39, 0.29) is 10.9 Å². The Morgan fingerprint density at radius 2 is 2.08 bits per heavy atom. The Kier molecular flexibility index (Phi) is 2.13. The first-order valence-corrected chi connectivity index (χ1v) is 6.28. The number of rotatable bonds is 1. The molecule has 2 fully saturated rings. The van der Waals surface area contributed by atoms with Crippen molar-refractivity contribution in [1.82, 2.24) is 0 Å². The fourth-order valence-electron chi connectivity index (χ4n) is 2.18. The highest BCUT2D eigenvalue weighted by molar-refractivity contribution is 7.89. The van der Waals surface area contributed by atoms with Crippen LogP contribution in [-0.4, -0.2) is 25.9 Å². The van der Waals surface area contributed by atoms with Crippen LogP contribution in [0.5, 0.6) is 0 Å². The zero-order valence-electron chi connectivity index (χ0n) is 7.53. The Labute approximate surface area is 78.5 Å². The van der Waals surface area contributed by atoms with Gasteiger partial charge in [-0.3, -0.25) is 0 Å². The van der Waals surface area contributed by atoms with E-state index in [0.29, 0.717) is 19.4 Å². The highest BCUT2D eigenvalue weighted by atomic mass is 32.2. The minimum atomic E-state index is -3.35. The average molecular weight is 205 g/mol. The first kappa shape index (κ1) is 9.43. The Balaban J connectivity index is 2.08. The summed E-state index contributed by atoms with van der Waals surface area (Å²) in [6.07, 6.45) is 4.31. The largest absolute Gasteiger partial charge is 0.375 e. The second-order valence-electron chi connectivity index (χ2n) is 4.09. The van der Waals surface area contributed by atoms with Crippen LogP contribution in [0.4, 0.5) is 0 Å². The van der Waals surface area contributed by atoms with Crippen LogP contribution in [0.2, 0.25) is 0 Å². The van der Waals surface area contributed by atoms with Gasteiger partial charge < -0.3 is 4.74 Å². The molecule has 4 nitrogen and oxygen atoms in total. The third kappa shape index (κ3) is 1.73. The molecule has 0 aromatic heterocycles. The van der Waals surface area contributed by atoms with Gasteiger partial charge >= 0.3 is 0 Å². The molecule has 1 atom stereocenters. The Morgan fingerprint density at radius 3 is 2.54 bits per heavy atom. The molecule has 1 spiro atoms. The summed E-state index contributed by atoms with van der Waals surface area (Å²) >= 11 is 0. The van der Waals surface area contributed by atoms with Crippen molar-refractivity contribution in [3.05, 3.63) is 0 Å². The van der Waals surface area contributed by atoms with Gasteiger partial charge in [0.25, 0.3) is 0 Å². The van der Waals surface area contributed by atoms with Gasteiger partial charge in [-0.2, -0.15) is 0 Å². The van der Waals surface area contributed by atoms with Crippen molar-refractivity contribution >= 4 is 10.0 Å². The molecule has 1 saturated carbocycles. The van der Waals surface area contributed by atoms with Gasteiger partial charge in [0, 0.05) is 6.61 Å². The fourth-order valence-corrected chi connectivity index (χ4v) is 3.14. The molecule has 2 N–H and O–H groups in total. The van der Waals surface area contributed by atoms with Crippen LogP contribution < -0.4 is 5.14 Å². The lowest BCUT2D eigenvalue weighted by Gasteiger charge is -2.46. The monoisotopic (exact) mass is 205 g/mol. The van der Waals surface area contributed by atoms with Crippen molar-refractivity contribution in [3.63, 3.8) is 0 Å². The molecule has 2 rings (SSSR count). The molecule has 0 amide bonds. The van der Waals surface area contributed by atoms with Crippen LogP contribution in [0.1, 0.15) is 32.1 Å². The first-order valence-electron chi connectivity index (χ1n) is 4.67. The van der Waals surface area contributed by atoms with E-state index < -0.39 is 10.0 Å². The number of ether oxygens (including phenoxy) is 1. The topological polar surface area (TPSA) is 69.4 Å². The summed E-state index contributed by atoms with van der Waals surface area (Å²) in [6, 6.07) is 0. The van der Waals surface area contributed by atoms with E-state index in [4.69, 9.17) is 9.88 Å². The SMILES string of the molecule is NS(=O)(=O)C1CCOC2(CCC2)C1. The number of hydrogen-bond acceptors (Lipinski definition) is 3. The maximum Gasteiger partial charge on any atom is 0.212 e. The Morgan fingerprint density at radius 1 is 1.38 bits per heavy atom. The van der Waals surface area contributed by atoms with Gasteiger partial charge in [-0.1, -0.05) is 0 Å². The van der Waals surface area contributed by atoms with E-state index in [2.05, 4.69) is 0 Å². The summed E-state index contributed by atoms with van der Waals surface area (Å²) in [6.45, 7) is 0.543. The molecular formula is C8H15NO3S. The highest BCUT2D eigenvalue weighted by Crippen LogP contribution is 2.43. The summed E-state index contributed by atoms with van der Waals surface area (Å²) in [5.41, 5.74) is -0.130. The molecule has 76 valence electrons. The van der Waals surface area contributed by atoms with Crippen molar-refractivity contribution in [2.45, 2.75) is 43.0 Å². The van der Waals surface area contributed by atoms with Crippen LogP contribution in [-0.2, 0) is 14.8 Å². The third-order valence-corrected chi connectivity index (χ3v) is 4.51. The van der Waals surface area contributed by atoms with Gasteiger partial charge in [-0.15, -0.1) is 0 Å². The van der Waals surface area contributed by atoms with Gasteiger partial charge in [0.15, 0.2) is 0 Å². The van der Waals surface area contributed by atoms with Crippen molar-refractivity contribution in [2.24, 2.45) is 5.14 Å². The van der Waals surface area contributed by atoms with Gasteiger partial charge in [-0.25, -0.2) is 13.6 Å². The maximum absolute atomic E-state index is 11.1. The minimum Gasteiger partial charge on any atom is -0.375 e. The summed E-state index contributed by atoms with van der Waals surface area (Å²) in [5.74, 6) is 0. The second-order valence-corrected chi connectivity index (χ2v) is 5.93. The number of sulfonamides is 1. The number of primary sulfonamides is 1. The molecule has 5 heteroatoms. The first-order chi connectivity index (χ1) is 6.02. The molecule has 0 bridgehead atoms. The normalized spacial score (nSPS) is 32.8. The van der Waals surface area contributed by atoms with E-state index >= 15 is 0 Å². The van der Waals surface area contributed by atoms with Gasteiger partial charge in [0.2, 0.25) is 10.0 Å². The van der Waals surface area contributed by atoms with E-state index in [1.165, 1.54) is 0 Å². The van der Waals surface area contributed by atoms with Crippen LogP contribution in [0, 0.1) is 0 Å². The lowest BCUT2D eigenvalue weighted by atomic mass is 9.75. The van der Waals surface area contributed by atoms with Crippen molar-refractivity contribution in [3.8, 4) is 0 Å². The summed E-state index contributed by atoms with van der Waals surface area (Å²) in [4.78, 5) is 0. The summed E-state index contributed by atoms with van der Waals surface area (Å²) < 4.78 is 27.9. The van der Waals surface area contributed by atoms with Gasteiger partial charge in [0.1, 0.15) is 0 Å². The van der Waals surface area contributed by atoms with E-state index in [1.54, 1.807) is 0 Å². The quantitative estimate of drug-likeness (QED) is 0.672. The molecule has 1 saturated heterocycles. The lowest BCUT2D eigenvalue weighted by Crippen LogP contribution is -2.50. The zero-order chi connectivity index (χ0) is 9.53. The highest BCUT2D eigenvalue weighted by Gasteiger charge is 2.45. The maximum atomic E-state index is 11.1. The summed E-state index contributed by atoms with van der Waals surface area (Å²) in [5, 5.41) is 4.75. The van der Waals surface area contributed by atoms with Crippen LogP contribution in [0.25, 0.3) is 0 Å². The van der Waals surface area contributed by atoms with Crippen LogP contribution in [0.15, 0.2) is 0 Å². The molecular weight excluding hydrogens is 190 g/mol. The standard InChI is InChI=1S/C8H15NO3S/c9-13(10,11)7-2-5-12-8(6-7)3-1-4-8/h7H,1-6H2,(H2,9,10,11). The predicted molar refractivity (Wildman–Crippen MR) is 48.7 cm³/mol. The fraction of sp³-hybridized carbons (Fsp3) is 1.00. The minimum absolute atomic E-state index is 0.130. The molecule has 1 aliphatic carbocycles. The molecule has 13 heavy (non-hydrogen) atoms. The lowest BCUT2D eigenvalue weighted by molar-refractivity contribution is -0.125. The molecule has 1 heterocycles. The van der Waals surface area contributed by atoms with E-state index in [0.717, 1.165) is 19.3 Å². The van der Waals surface area contributed by atoms with E-state index in [9.17, 15) is 8.42 Å². The third-order valence-electron chi connectivity index (χ3n) is 3.18. The Hall–Kier alpha value is -0.130.